The first-order chi connectivity index (χ1) is 39.8. The lowest BCUT2D eigenvalue weighted by Gasteiger charge is -2.18. The standard InChI is InChI=1S/C71H47F6N5/c72-70(73,74)55-32-37-66(81-62-33-27-50(45-16-6-1-7-17-45)38-57(62)58-39-51(28-34-63(58)81)46-18-8-2-9-19-46)61(42-55)69(80-68(78)49-24-14-5-15-25-49)79-44-54-26-31-56(71(75,76)77)43-67(54)82-64-35-29-52(47-20-10-3-11-21-47)40-59(64)60-41-53(30-36-65(60)82)48-22-12-4-13-23-48/h1-43H,44H2,(H2,78,79,80). The summed E-state index contributed by atoms with van der Waals surface area (Å²) >= 11 is 0. The summed E-state index contributed by atoms with van der Waals surface area (Å²) in [6.07, 6.45) is -9.55. The number of aromatic nitrogens is 2. The van der Waals surface area contributed by atoms with Gasteiger partial charge in [0, 0.05) is 32.7 Å². The molecule has 0 atom stereocenters. The molecule has 13 rings (SSSR count). The summed E-state index contributed by atoms with van der Waals surface area (Å²) in [7, 11) is 0. The van der Waals surface area contributed by atoms with Crippen LogP contribution in [0.3, 0.4) is 0 Å². The van der Waals surface area contributed by atoms with Gasteiger partial charge in [0.15, 0.2) is 5.84 Å². The first-order valence-electron chi connectivity index (χ1n) is 26.6. The molecule has 0 aliphatic carbocycles. The van der Waals surface area contributed by atoms with Crippen LogP contribution in [0.15, 0.2) is 271 Å². The van der Waals surface area contributed by atoms with E-state index in [2.05, 4.69) is 24.3 Å². The highest BCUT2D eigenvalue weighted by atomic mass is 19.4. The predicted octanol–water partition coefficient (Wildman–Crippen LogP) is 18.9. The topological polar surface area (TPSA) is 60.6 Å². The van der Waals surface area contributed by atoms with E-state index in [0.29, 0.717) is 38.9 Å². The van der Waals surface area contributed by atoms with Crippen LogP contribution in [0.2, 0.25) is 0 Å². The van der Waals surface area contributed by atoms with Crippen LogP contribution in [0.1, 0.15) is 27.8 Å². The van der Waals surface area contributed by atoms with E-state index in [1.807, 2.05) is 179 Å². The van der Waals surface area contributed by atoms with Crippen LogP contribution in [-0.2, 0) is 18.9 Å². The number of hydrogen-bond donors (Lipinski definition) is 1. The molecule has 2 heterocycles. The van der Waals surface area contributed by atoms with E-state index in [1.165, 1.54) is 12.1 Å². The maximum Gasteiger partial charge on any atom is 0.416 e. The Labute approximate surface area is 467 Å². The molecule has 0 saturated carbocycles. The zero-order chi connectivity index (χ0) is 56.1. The van der Waals surface area contributed by atoms with Gasteiger partial charge in [-0.25, -0.2) is 4.99 Å². The molecule has 0 fully saturated rings. The Kier molecular flexibility index (Phi) is 13.0. The van der Waals surface area contributed by atoms with Crippen molar-refractivity contribution in [1.29, 1.82) is 0 Å². The molecule has 82 heavy (non-hydrogen) atoms. The average molecular weight is 1080 g/mol. The Hall–Kier alpha value is -10.3. The zero-order valence-corrected chi connectivity index (χ0v) is 43.7. The van der Waals surface area contributed by atoms with Gasteiger partial charge in [-0.3, -0.25) is 4.99 Å². The second-order valence-electron chi connectivity index (χ2n) is 20.1. The van der Waals surface area contributed by atoms with Gasteiger partial charge in [-0.15, -0.1) is 0 Å². The van der Waals surface area contributed by atoms with E-state index in [-0.39, 0.29) is 29.5 Å². The van der Waals surface area contributed by atoms with E-state index in [9.17, 15) is 0 Å². The van der Waals surface area contributed by atoms with E-state index in [0.717, 1.165) is 90.3 Å². The van der Waals surface area contributed by atoms with Crippen LogP contribution in [0, 0.1) is 0 Å². The summed E-state index contributed by atoms with van der Waals surface area (Å²) in [5, 5.41) is 3.29. The van der Waals surface area contributed by atoms with E-state index in [1.54, 1.807) is 30.3 Å². The molecule has 2 N–H and O–H groups in total. The van der Waals surface area contributed by atoms with Crippen molar-refractivity contribution < 1.29 is 26.3 Å². The quantitative estimate of drug-likeness (QED) is 0.0828. The van der Waals surface area contributed by atoms with Crippen LogP contribution < -0.4 is 5.73 Å². The Morgan fingerprint density at radius 2 is 0.707 bits per heavy atom. The van der Waals surface area contributed by atoms with Gasteiger partial charge in [0.05, 0.1) is 51.1 Å². The molecule has 2 aromatic heterocycles. The van der Waals surface area contributed by atoms with Gasteiger partial charge in [-0.05, 0) is 129 Å². The van der Waals surface area contributed by atoms with Crippen LogP contribution in [-0.4, -0.2) is 20.8 Å². The van der Waals surface area contributed by atoms with Crippen molar-refractivity contribution >= 4 is 55.3 Å². The Balaban J connectivity index is 1.05. The molecular formula is C71H47F6N5. The lowest BCUT2D eigenvalue weighted by atomic mass is 10.0. The molecule has 0 aliphatic rings. The molecule has 0 bridgehead atoms. The molecule has 0 aliphatic heterocycles. The van der Waals surface area contributed by atoms with Gasteiger partial charge < -0.3 is 14.9 Å². The highest BCUT2D eigenvalue weighted by Crippen LogP contribution is 2.43. The van der Waals surface area contributed by atoms with E-state index >= 15 is 26.3 Å². The van der Waals surface area contributed by atoms with Crippen LogP contribution in [0.4, 0.5) is 26.3 Å². The number of hydrogen-bond acceptors (Lipinski definition) is 1. The number of fused-ring (bicyclic) bond motifs is 6. The smallest absolute Gasteiger partial charge is 0.383 e. The van der Waals surface area contributed by atoms with Gasteiger partial charge in [-0.1, -0.05) is 182 Å². The molecule has 0 saturated heterocycles. The number of nitrogens with two attached hydrogens (primary N) is 1. The Morgan fingerprint density at radius 1 is 0.354 bits per heavy atom. The second kappa shape index (κ2) is 20.8. The normalized spacial score (nSPS) is 12.5. The van der Waals surface area contributed by atoms with Crippen molar-refractivity contribution in [1.82, 2.24) is 9.13 Å². The summed E-state index contributed by atoms with van der Waals surface area (Å²) in [6, 6.07) is 79.2. The number of benzene rings is 11. The maximum atomic E-state index is 15.2. The molecular weight excluding hydrogens is 1040 g/mol. The number of nitrogens with zero attached hydrogens (tertiary/aromatic N) is 4. The van der Waals surface area contributed by atoms with E-state index in [4.69, 9.17) is 15.7 Å². The minimum atomic E-state index is -4.80. The number of alkyl halides is 6. The lowest BCUT2D eigenvalue weighted by molar-refractivity contribution is -0.138. The number of halogens is 6. The third-order valence-electron chi connectivity index (χ3n) is 15.1. The summed E-state index contributed by atoms with van der Waals surface area (Å²) < 4.78 is 94.7. The Bertz CT molecular complexity index is 4410. The maximum absolute atomic E-state index is 15.2. The Morgan fingerprint density at radius 3 is 1.10 bits per heavy atom. The van der Waals surface area contributed by atoms with Crippen molar-refractivity contribution in [2.75, 3.05) is 0 Å². The monoisotopic (exact) mass is 1080 g/mol. The highest BCUT2D eigenvalue weighted by molar-refractivity contribution is 6.16. The molecule has 5 nitrogen and oxygen atoms in total. The molecule has 0 unspecified atom stereocenters. The average Bonchev–Trinajstić information content (AvgIpc) is 4.07. The molecule has 11 heteroatoms. The zero-order valence-electron chi connectivity index (χ0n) is 43.7. The number of rotatable bonds is 10. The summed E-state index contributed by atoms with van der Waals surface area (Å²) in [6.45, 7) is -0.330. The molecule has 398 valence electrons. The van der Waals surface area contributed by atoms with Crippen molar-refractivity contribution in [3.8, 4) is 55.9 Å². The van der Waals surface area contributed by atoms with Crippen LogP contribution in [0.25, 0.3) is 99.5 Å². The first-order valence-corrected chi connectivity index (χ1v) is 26.6. The summed E-state index contributed by atoms with van der Waals surface area (Å²) in [5.74, 6) is -0.212. The minimum absolute atomic E-state index is 0.0148. The molecule has 0 spiro atoms. The van der Waals surface area contributed by atoms with Crippen LogP contribution >= 0.6 is 0 Å². The number of amidine groups is 2. The summed E-state index contributed by atoms with van der Waals surface area (Å²) in [4.78, 5) is 9.99. The van der Waals surface area contributed by atoms with Crippen molar-refractivity contribution in [2.45, 2.75) is 18.9 Å². The van der Waals surface area contributed by atoms with Gasteiger partial charge in [0.1, 0.15) is 5.84 Å². The van der Waals surface area contributed by atoms with Crippen molar-refractivity contribution in [2.24, 2.45) is 15.7 Å². The van der Waals surface area contributed by atoms with E-state index < -0.39 is 23.5 Å². The fourth-order valence-electron chi connectivity index (χ4n) is 11.1. The number of aliphatic imine (C=N–C) groups is 2. The molecule has 11 aromatic carbocycles. The second-order valence-corrected chi connectivity index (χ2v) is 20.1. The predicted molar refractivity (Wildman–Crippen MR) is 321 cm³/mol. The third kappa shape index (κ3) is 9.66. The van der Waals surface area contributed by atoms with Gasteiger partial charge in [-0.2, -0.15) is 26.3 Å². The molecule has 13 aromatic rings. The largest absolute Gasteiger partial charge is 0.416 e. The van der Waals surface area contributed by atoms with Crippen LogP contribution in [0.5, 0.6) is 0 Å². The van der Waals surface area contributed by atoms with Gasteiger partial charge >= 0.3 is 12.4 Å². The molecule has 0 amide bonds. The van der Waals surface area contributed by atoms with Crippen molar-refractivity contribution in [3.63, 3.8) is 0 Å². The highest BCUT2D eigenvalue weighted by Gasteiger charge is 2.34. The SMILES string of the molecule is N/C(=N\C(=N/Cc1ccc(C(F)(F)F)cc1-n1c2ccc(-c3ccccc3)cc2c2cc(-c3ccccc3)ccc21)c1cc(C(F)(F)F)ccc1-n1c2ccc(-c3ccccc3)cc2c2cc(-c3ccccc3)ccc21)c1ccccc1. The molecule has 0 radical (unpaired) electrons. The lowest BCUT2D eigenvalue weighted by Crippen LogP contribution is -2.18. The third-order valence-corrected chi connectivity index (χ3v) is 15.1. The van der Waals surface area contributed by atoms with Crippen molar-refractivity contribution in [3.05, 3.63) is 289 Å². The van der Waals surface area contributed by atoms with Gasteiger partial charge in [0.25, 0.3) is 0 Å². The fraction of sp³-hybridized carbons (Fsp3) is 0.0423. The fourth-order valence-corrected chi connectivity index (χ4v) is 11.1. The first kappa shape index (κ1) is 51.2. The van der Waals surface area contributed by atoms with Gasteiger partial charge in [0.2, 0.25) is 0 Å². The minimum Gasteiger partial charge on any atom is -0.383 e. The summed E-state index contributed by atoms with van der Waals surface area (Å²) in [5.41, 5.74) is 16.5.